The number of phenols is 5. The van der Waals surface area contributed by atoms with Crippen LogP contribution in [0.15, 0.2) is 41.5 Å². The first-order valence-electron chi connectivity index (χ1n) is 10.0. The van der Waals surface area contributed by atoms with Crippen molar-refractivity contribution in [3.63, 3.8) is 0 Å². The Kier molecular flexibility index (Phi) is 7.39. The molecule has 2 rings (SSSR count). The lowest BCUT2D eigenvalue weighted by molar-refractivity contribution is -0.117. The van der Waals surface area contributed by atoms with E-state index in [4.69, 9.17) is 0 Å². The van der Waals surface area contributed by atoms with Gasteiger partial charge in [0.2, 0.25) is 0 Å². The zero-order valence-electron chi connectivity index (χ0n) is 18.5. The third-order valence-electron chi connectivity index (χ3n) is 5.06. The first-order valence-corrected chi connectivity index (χ1v) is 10.0. The van der Waals surface area contributed by atoms with Gasteiger partial charge >= 0.3 is 0 Å². The summed E-state index contributed by atoms with van der Waals surface area (Å²) in [6, 6.07) is 3.92. The van der Waals surface area contributed by atoms with Gasteiger partial charge in [0, 0.05) is 17.2 Å². The lowest BCUT2D eigenvalue weighted by Crippen LogP contribution is -2.12. The summed E-state index contributed by atoms with van der Waals surface area (Å²) in [5, 5.41) is 52.1. The van der Waals surface area contributed by atoms with Crippen molar-refractivity contribution in [1.82, 2.24) is 0 Å². The van der Waals surface area contributed by atoms with Gasteiger partial charge in [0.25, 0.3) is 0 Å². The van der Waals surface area contributed by atoms with Gasteiger partial charge < -0.3 is 25.5 Å². The second-order valence-corrected chi connectivity index (χ2v) is 8.22. The topological polar surface area (TPSA) is 118 Å². The summed E-state index contributed by atoms with van der Waals surface area (Å²) >= 11 is 0. The maximum absolute atomic E-state index is 12.6. The number of benzene rings is 2. The molecule has 1 atom stereocenters. The molecule has 0 aliphatic carbocycles. The highest BCUT2D eigenvalue weighted by Crippen LogP contribution is 2.46. The number of allylic oxidation sites excluding steroid dienone is 4. The number of carbonyl (C=O) groups is 1. The van der Waals surface area contributed by atoms with Gasteiger partial charge in [0.05, 0.1) is 11.5 Å². The van der Waals surface area contributed by atoms with Crippen molar-refractivity contribution in [2.24, 2.45) is 0 Å². The molecule has 5 N–H and O–H groups in total. The first kappa shape index (κ1) is 23.9. The molecule has 0 aromatic heterocycles. The predicted molar refractivity (Wildman–Crippen MR) is 120 cm³/mol. The number of carbonyl (C=O) groups excluding carboxylic acids is 1. The number of hydrogen-bond donors (Lipinski definition) is 5. The monoisotopic (exact) mass is 426 g/mol. The van der Waals surface area contributed by atoms with Gasteiger partial charge in [0.15, 0.2) is 11.5 Å². The number of rotatable bonds is 7. The molecule has 0 saturated heterocycles. The van der Waals surface area contributed by atoms with E-state index in [2.05, 4.69) is 0 Å². The normalized spacial score (nSPS) is 11.6. The molecular weight excluding hydrogens is 396 g/mol. The zero-order chi connectivity index (χ0) is 23.5. The molecular formula is C25H30O6. The van der Waals surface area contributed by atoms with Crippen LogP contribution in [0.2, 0.25) is 0 Å². The van der Waals surface area contributed by atoms with Crippen LogP contribution < -0.4 is 0 Å². The Labute approximate surface area is 182 Å². The Morgan fingerprint density at radius 3 is 1.90 bits per heavy atom. The maximum Gasteiger partial charge on any atom is 0.161 e. The minimum absolute atomic E-state index is 0.0549. The fraction of sp³-hybridized carbons (Fsp3) is 0.320. The van der Waals surface area contributed by atoms with E-state index in [1.54, 1.807) is 6.07 Å². The summed E-state index contributed by atoms with van der Waals surface area (Å²) < 4.78 is 0. The van der Waals surface area contributed by atoms with Gasteiger partial charge in [-0.05, 0) is 59.1 Å². The van der Waals surface area contributed by atoms with Gasteiger partial charge in [-0.15, -0.1) is 0 Å². The van der Waals surface area contributed by atoms with Crippen molar-refractivity contribution in [3.05, 3.63) is 63.8 Å². The van der Waals surface area contributed by atoms with Crippen LogP contribution in [0.25, 0.3) is 0 Å². The fourth-order valence-electron chi connectivity index (χ4n) is 3.43. The second kappa shape index (κ2) is 9.60. The third kappa shape index (κ3) is 5.40. The van der Waals surface area contributed by atoms with Gasteiger partial charge in [-0.25, -0.2) is 0 Å². The number of Topliss-reactive ketones (excluding diaryl/α,β-unsaturated/α-hetero) is 1. The minimum Gasteiger partial charge on any atom is -0.507 e. The van der Waals surface area contributed by atoms with Crippen LogP contribution in [0.4, 0.5) is 0 Å². The van der Waals surface area contributed by atoms with Crippen molar-refractivity contribution < 1.29 is 30.3 Å². The van der Waals surface area contributed by atoms with Gasteiger partial charge in [-0.2, -0.15) is 0 Å². The smallest absolute Gasteiger partial charge is 0.161 e. The van der Waals surface area contributed by atoms with E-state index in [0.717, 1.165) is 17.2 Å². The minimum atomic E-state index is -1.11. The Bertz CT molecular complexity index is 1050. The SMILES string of the molecule is CC(=O)C(c1cc(O)c(O)c(CC=C(C)C)c1)c1c(O)cc(O)c(CC=C(C)C)c1O. The average molecular weight is 427 g/mol. The highest BCUT2D eigenvalue weighted by Gasteiger charge is 2.30. The Morgan fingerprint density at radius 1 is 0.774 bits per heavy atom. The van der Waals surface area contributed by atoms with Crippen LogP contribution in [-0.2, 0) is 17.6 Å². The van der Waals surface area contributed by atoms with Crippen molar-refractivity contribution in [1.29, 1.82) is 0 Å². The molecule has 0 aliphatic heterocycles. The molecule has 6 heteroatoms. The van der Waals surface area contributed by atoms with Crippen molar-refractivity contribution in [2.45, 2.75) is 53.4 Å². The molecule has 0 heterocycles. The molecule has 0 saturated carbocycles. The summed E-state index contributed by atoms with van der Waals surface area (Å²) in [6.45, 7) is 8.87. The van der Waals surface area contributed by atoms with Crippen LogP contribution in [0.5, 0.6) is 28.7 Å². The lowest BCUT2D eigenvalue weighted by atomic mass is 9.84. The van der Waals surface area contributed by atoms with Gasteiger partial charge in [0.1, 0.15) is 23.0 Å². The predicted octanol–water partition coefficient (Wildman–Crippen LogP) is 4.95. The zero-order valence-corrected chi connectivity index (χ0v) is 18.5. The van der Waals surface area contributed by atoms with Crippen LogP contribution in [0, 0.1) is 0 Å². The second-order valence-electron chi connectivity index (χ2n) is 8.22. The standard InChI is InChI=1S/C25H30O6/c1-13(2)6-8-16-10-17(11-21(29)24(16)30)22(15(5)26)23-20(28)12-19(27)18(25(23)31)9-7-14(3)4/h6-7,10-12,22,27-31H,8-9H2,1-5H3. The van der Waals surface area contributed by atoms with Gasteiger partial charge in [-0.3, -0.25) is 4.79 Å². The quantitative estimate of drug-likeness (QED) is 0.316. The molecule has 0 bridgehead atoms. The summed E-state index contributed by atoms with van der Waals surface area (Å²) in [6.07, 6.45) is 4.22. The molecule has 0 aliphatic rings. The molecule has 0 radical (unpaired) electrons. The van der Waals surface area contributed by atoms with E-state index in [9.17, 15) is 30.3 Å². The lowest BCUT2D eigenvalue weighted by Gasteiger charge is -2.21. The summed E-state index contributed by atoms with van der Waals surface area (Å²) in [4.78, 5) is 12.6. The van der Waals surface area contributed by atoms with Gasteiger partial charge in [-0.1, -0.05) is 29.4 Å². The summed E-state index contributed by atoms with van der Waals surface area (Å²) in [5.74, 6) is -3.28. The molecule has 1 unspecified atom stereocenters. The summed E-state index contributed by atoms with van der Waals surface area (Å²) in [7, 11) is 0. The highest BCUT2D eigenvalue weighted by atomic mass is 16.3. The van der Waals surface area contributed by atoms with Crippen molar-refractivity contribution in [2.75, 3.05) is 0 Å². The Morgan fingerprint density at radius 2 is 1.35 bits per heavy atom. The molecule has 6 nitrogen and oxygen atoms in total. The molecule has 2 aromatic rings. The number of ketones is 1. The Hall–Kier alpha value is -3.41. The molecule has 166 valence electrons. The number of phenolic OH excluding ortho intramolecular Hbond substituents is 5. The van der Waals surface area contributed by atoms with Crippen LogP contribution in [0.1, 0.15) is 62.8 Å². The number of aromatic hydroxyl groups is 5. The molecule has 31 heavy (non-hydrogen) atoms. The van der Waals surface area contributed by atoms with Crippen LogP contribution >= 0.6 is 0 Å². The number of hydrogen-bond acceptors (Lipinski definition) is 6. The van der Waals surface area contributed by atoms with E-state index in [1.807, 2.05) is 39.8 Å². The van der Waals surface area contributed by atoms with Crippen LogP contribution in [0.3, 0.4) is 0 Å². The van der Waals surface area contributed by atoms with E-state index < -0.39 is 17.4 Å². The largest absolute Gasteiger partial charge is 0.507 e. The molecule has 0 fully saturated rings. The average Bonchev–Trinajstić information content (AvgIpc) is 2.65. The van der Waals surface area contributed by atoms with Crippen molar-refractivity contribution >= 4 is 5.78 Å². The van der Waals surface area contributed by atoms with Crippen LogP contribution in [-0.4, -0.2) is 31.3 Å². The Balaban J connectivity index is 2.72. The summed E-state index contributed by atoms with van der Waals surface area (Å²) in [5.41, 5.74) is 2.84. The highest BCUT2D eigenvalue weighted by molar-refractivity contribution is 5.89. The molecule has 0 amide bonds. The molecule has 0 spiro atoms. The van der Waals surface area contributed by atoms with E-state index >= 15 is 0 Å². The fourth-order valence-corrected chi connectivity index (χ4v) is 3.43. The first-order chi connectivity index (χ1) is 14.4. The van der Waals surface area contributed by atoms with E-state index in [0.29, 0.717) is 17.5 Å². The maximum atomic E-state index is 12.6. The van der Waals surface area contributed by atoms with Crippen molar-refractivity contribution in [3.8, 4) is 28.7 Å². The van der Waals surface area contributed by atoms with E-state index in [1.165, 1.54) is 13.0 Å². The molecule has 2 aromatic carbocycles. The third-order valence-corrected chi connectivity index (χ3v) is 5.06. The van der Waals surface area contributed by atoms with E-state index in [-0.39, 0.29) is 40.6 Å².